The SMILES string of the molecule is C[C@@H]1O[C@@H](OCCNC(=O)CN(CC(=O)NCCCCCC(=O)ON2C(=O)CCC2=O)CC(=O)NCCO[C@H]2O[C@H](CO[C@H]3O[C@H](CO)[C@@H](O)[C@H](O)[C@@H]3O)[C@@H](O)[C@H](O[C@H]3O[C@H](CO)[C@@H](O)[C@H](O)[C@@H]3O)[C@@H]2O)[C@@H](O)[C@H](O)[C@@H]1O. The molecule has 0 spiro atoms. The summed E-state index contributed by atoms with van der Waals surface area (Å²) in [5.74, 6) is -4.07. The van der Waals surface area contributed by atoms with Crippen LogP contribution in [-0.4, -0.2) is 307 Å². The van der Waals surface area contributed by atoms with Gasteiger partial charge in [-0.25, -0.2) is 4.79 Å². The topological polar surface area (TPSA) is 491 Å². The molecule has 0 aromatic carbocycles. The number of hydrogen-bond donors (Lipinski definition) is 16. The van der Waals surface area contributed by atoms with Crippen molar-refractivity contribution in [3.63, 3.8) is 0 Å². The second-order valence-electron chi connectivity index (χ2n) is 18.8. The van der Waals surface area contributed by atoms with E-state index in [2.05, 4.69) is 16.0 Å². The van der Waals surface area contributed by atoms with Crippen LogP contribution in [0.15, 0.2) is 0 Å². The molecule has 20 atom stereocenters. The summed E-state index contributed by atoms with van der Waals surface area (Å²) in [7, 11) is 0. The van der Waals surface area contributed by atoms with Crippen molar-refractivity contribution in [3.8, 4) is 0 Å². The lowest BCUT2D eigenvalue weighted by Gasteiger charge is -2.46. The Labute approximate surface area is 439 Å². The summed E-state index contributed by atoms with van der Waals surface area (Å²) in [6.45, 7) is -3.61. The Morgan fingerprint density at radius 3 is 1.52 bits per heavy atom. The number of hydrogen-bond acceptors (Lipinski definition) is 29. The van der Waals surface area contributed by atoms with E-state index < -0.39 is 204 Å². The predicted molar refractivity (Wildman–Crippen MR) is 244 cm³/mol. The summed E-state index contributed by atoms with van der Waals surface area (Å²) in [4.78, 5) is 80.9. The molecule has 5 heterocycles. The van der Waals surface area contributed by atoms with E-state index in [1.54, 1.807) is 0 Å². The number of carbonyl (C=O) groups is 6. The smallest absolute Gasteiger partial charge is 0.333 e. The minimum Gasteiger partial charge on any atom is -0.394 e. The highest BCUT2D eigenvalue weighted by Gasteiger charge is 2.52. The lowest BCUT2D eigenvalue weighted by atomic mass is 9.96. The minimum atomic E-state index is -1.99. The van der Waals surface area contributed by atoms with Crippen LogP contribution in [0.4, 0.5) is 0 Å². The summed E-state index contributed by atoms with van der Waals surface area (Å²) in [6.07, 6.45) is -32.6. The Morgan fingerprint density at radius 2 is 0.987 bits per heavy atom. The number of nitrogens with zero attached hydrogens (tertiary/aromatic N) is 2. The number of ether oxygens (including phenoxy) is 8. The van der Waals surface area contributed by atoms with Gasteiger partial charge < -0.3 is 125 Å². The zero-order valence-corrected chi connectivity index (χ0v) is 41.9. The summed E-state index contributed by atoms with van der Waals surface area (Å²) in [5, 5.41) is 142. The van der Waals surface area contributed by atoms with Crippen LogP contribution in [-0.2, 0) is 71.5 Å². The minimum absolute atomic E-state index is 0.0547. The first-order valence-electron chi connectivity index (χ1n) is 25.0. The maximum atomic E-state index is 13.3. The zero-order chi connectivity index (χ0) is 56.7. The van der Waals surface area contributed by atoms with Gasteiger partial charge in [0.25, 0.3) is 11.8 Å². The Balaban J connectivity index is 1.15. The molecular weight excluding hydrogens is 1050 g/mol. The van der Waals surface area contributed by atoms with Gasteiger partial charge in [0.1, 0.15) is 91.6 Å². The largest absolute Gasteiger partial charge is 0.394 e. The van der Waals surface area contributed by atoms with Crippen molar-refractivity contribution in [2.45, 2.75) is 168 Å². The fourth-order valence-corrected chi connectivity index (χ4v) is 8.50. The molecule has 5 saturated heterocycles. The van der Waals surface area contributed by atoms with Crippen LogP contribution in [0, 0.1) is 0 Å². The average Bonchev–Trinajstić information content (AvgIpc) is 3.72. The first-order chi connectivity index (χ1) is 36.6. The van der Waals surface area contributed by atoms with Gasteiger partial charge in [0.15, 0.2) is 25.2 Å². The average molecular weight is 1120 g/mol. The molecule has 16 N–H and O–H groups in total. The van der Waals surface area contributed by atoms with Gasteiger partial charge in [-0.15, -0.1) is 5.06 Å². The fraction of sp³-hybridized carbons (Fsp3) is 0.864. The first kappa shape index (κ1) is 64.0. The number of aliphatic hydroxyl groups excluding tert-OH is 13. The number of hydroxylamine groups is 2. The van der Waals surface area contributed by atoms with Crippen molar-refractivity contribution in [1.82, 2.24) is 25.9 Å². The lowest BCUT2D eigenvalue weighted by molar-refractivity contribution is -0.366. The molecule has 5 aliphatic heterocycles. The molecule has 0 aliphatic carbocycles. The normalized spacial score (nSPS) is 36.7. The summed E-state index contributed by atoms with van der Waals surface area (Å²) < 4.78 is 44.2. The van der Waals surface area contributed by atoms with E-state index in [1.807, 2.05) is 0 Å². The molecule has 5 fully saturated rings. The number of imide groups is 1. The van der Waals surface area contributed by atoms with Crippen molar-refractivity contribution in [3.05, 3.63) is 0 Å². The lowest BCUT2D eigenvalue weighted by Crippen LogP contribution is -2.65. The Bertz CT molecular complexity index is 1890. The van der Waals surface area contributed by atoms with Crippen molar-refractivity contribution < 1.29 is 138 Å². The van der Waals surface area contributed by atoms with E-state index in [4.69, 9.17) is 42.7 Å². The van der Waals surface area contributed by atoms with Crippen molar-refractivity contribution in [2.24, 2.45) is 0 Å². The Kier molecular flexibility index (Phi) is 25.5. The second-order valence-corrected chi connectivity index (χ2v) is 18.8. The quantitative estimate of drug-likeness (QED) is 0.0255. The predicted octanol–water partition coefficient (Wildman–Crippen LogP) is -10.9. The summed E-state index contributed by atoms with van der Waals surface area (Å²) >= 11 is 0. The van der Waals surface area contributed by atoms with Crippen LogP contribution < -0.4 is 16.0 Å². The van der Waals surface area contributed by atoms with E-state index in [0.717, 1.165) is 0 Å². The van der Waals surface area contributed by atoms with Crippen LogP contribution in [0.5, 0.6) is 0 Å². The van der Waals surface area contributed by atoms with Gasteiger partial charge in [-0.3, -0.25) is 28.9 Å². The molecule has 0 unspecified atom stereocenters. The maximum Gasteiger partial charge on any atom is 0.333 e. The number of nitrogens with one attached hydrogen (secondary N) is 3. The van der Waals surface area contributed by atoms with Crippen molar-refractivity contribution >= 4 is 35.5 Å². The highest BCUT2D eigenvalue weighted by molar-refractivity contribution is 6.01. The number of amides is 5. The molecule has 5 aliphatic rings. The summed E-state index contributed by atoms with van der Waals surface area (Å²) in [6, 6.07) is 0. The third-order valence-corrected chi connectivity index (χ3v) is 13.0. The molecule has 33 nitrogen and oxygen atoms in total. The molecule has 0 saturated carbocycles. The Morgan fingerprint density at radius 1 is 0.532 bits per heavy atom. The van der Waals surface area contributed by atoms with E-state index in [-0.39, 0.29) is 45.5 Å². The molecule has 0 aromatic heterocycles. The molecule has 77 heavy (non-hydrogen) atoms. The van der Waals surface area contributed by atoms with Crippen LogP contribution in [0.25, 0.3) is 0 Å². The van der Waals surface area contributed by atoms with Gasteiger partial charge >= 0.3 is 5.97 Å². The number of aliphatic hydroxyl groups is 13. The number of carbonyl (C=O) groups excluding carboxylic acids is 6. The van der Waals surface area contributed by atoms with E-state index >= 15 is 0 Å². The number of unbranched alkanes of at least 4 members (excludes halogenated alkanes) is 2. The van der Waals surface area contributed by atoms with Gasteiger partial charge in [0.05, 0.1) is 58.8 Å². The zero-order valence-electron chi connectivity index (χ0n) is 41.9. The maximum absolute atomic E-state index is 13.3. The van der Waals surface area contributed by atoms with E-state index in [0.29, 0.717) is 24.3 Å². The Hall–Kier alpha value is -3.86. The van der Waals surface area contributed by atoms with E-state index in [1.165, 1.54) is 11.8 Å². The third kappa shape index (κ3) is 17.8. The first-order valence-corrected chi connectivity index (χ1v) is 25.0. The van der Waals surface area contributed by atoms with E-state index in [9.17, 15) is 95.2 Å². The molecule has 0 bridgehead atoms. The fourth-order valence-electron chi connectivity index (χ4n) is 8.50. The second kappa shape index (κ2) is 30.7. The molecule has 5 amide bonds. The molecule has 0 radical (unpaired) electrons. The van der Waals surface area contributed by atoms with Gasteiger partial charge in [-0.1, -0.05) is 6.42 Å². The van der Waals surface area contributed by atoms with Gasteiger partial charge in [0.2, 0.25) is 17.7 Å². The molecular formula is C44H73N5O28. The number of rotatable bonds is 28. The highest BCUT2D eigenvalue weighted by Crippen LogP contribution is 2.31. The van der Waals surface area contributed by atoms with Crippen molar-refractivity contribution in [1.29, 1.82) is 0 Å². The van der Waals surface area contributed by atoms with Crippen LogP contribution in [0.2, 0.25) is 0 Å². The highest BCUT2D eigenvalue weighted by atomic mass is 16.8. The molecule has 33 heteroatoms. The molecule has 0 aromatic rings. The van der Waals surface area contributed by atoms with Gasteiger partial charge in [-0.2, -0.15) is 0 Å². The monoisotopic (exact) mass is 1120 g/mol. The van der Waals surface area contributed by atoms with Crippen LogP contribution in [0.3, 0.4) is 0 Å². The third-order valence-electron chi connectivity index (χ3n) is 13.0. The van der Waals surface area contributed by atoms with Crippen LogP contribution in [0.1, 0.15) is 45.4 Å². The summed E-state index contributed by atoms with van der Waals surface area (Å²) in [5.41, 5.74) is 0. The van der Waals surface area contributed by atoms with Gasteiger partial charge in [-0.05, 0) is 19.8 Å². The van der Waals surface area contributed by atoms with Crippen molar-refractivity contribution in [2.75, 3.05) is 72.3 Å². The molecule has 442 valence electrons. The van der Waals surface area contributed by atoms with Crippen LogP contribution >= 0.6 is 0 Å². The van der Waals surface area contributed by atoms with Gasteiger partial charge in [0, 0.05) is 38.9 Å². The standard InChI is InChI=1S/C44H73N5O28/c1-19-29(58)33(62)36(65)41(72-19)69-11-9-46-24(53)14-48(13-23(52)45-8-4-2-3-5-28(57)77-49-26(55)6-7-27(49)56)15-25(54)47-10-12-70-43-39(68)40(76-44-38(67)35(64)31(60)21(17-51)74-44)32(61)22(75-43)18-71-42-37(66)34(63)30(59)20(16-50)73-42/h19-22,29-44,50-51,58-68H,2-18H2,1H3,(H,45,52)(H,46,53)(H,47,54)/t19-,20+,21+,22+,29+,30+,31+,32+,33+,34-,35-,36-,37-,38-,39-,40-,41+,42-,43-,44+/m0/s1. The molecule has 5 rings (SSSR count).